The van der Waals surface area contributed by atoms with Gasteiger partial charge in [0.05, 0.1) is 11.1 Å². The Kier molecular flexibility index (Phi) is 4.70. The molecule has 0 bridgehead atoms. The molecule has 1 unspecified atom stereocenters. The van der Waals surface area contributed by atoms with Crippen molar-refractivity contribution in [3.8, 4) is 0 Å². The largest absolute Gasteiger partial charge is 0.388 e. The molecule has 0 radical (unpaired) electrons. The molecule has 21 heavy (non-hydrogen) atoms. The highest BCUT2D eigenvalue weighted by Gasteiger charge is 2.15. The minimum atomic E-state index is -0.624. The first-order chi connectivity index (χ1) is 9.77. The number of hydrogen-bond acceptors (Lipinski definition) is 1. The van der Waals surface area contributed by atoms with Gasteiger partial charge in [-0.1, -0.05) is 62.7 Å². The second-order valence-corrected chi connectivity index (χ2v) is 6.75. The lowest BCUT2D eigenvalue weighted by atomic mass is 9.86. The van der Waals surface area contributed by atoms with Crippen molar-refractivity contribution in [2.24, 2.45) is 0 Å². The summed E-state index contributed by atoms with van der Waals surface area (Å²) in [5.41, 5.74) is 2.98. The number of halogens is 2. The number of rotatable bonds is 3. The van der Waals surface area contributed by atoms with Crippen LogP contribution in [-0.4, -0.2) is 5.11 Å². The van der Waals surface area contributed by atoms with E-state index in [0.29, 0.717) is 6.42 Å². The third kappa shape index (κ3) is 4.05. The fraction of sp³-hybridized carbons (Fsp3) is 0.333. The Bertz CT molecular complexity index is 614. The van der Waals surface area contributed by atoms with Crippen LogP contribution in [0.25, 0.3) is 0 Å². The fourth-order valence-electron chi connectivity index (χ4n) is 2.21. The molecule has 0 heterocycles. The minimum absolute atomic E-state index is 0.0859. The minimum Gasteiger partial charge on any atom is -0.388 e. The highest BCUT2D eigenvalue weighted by atomic mass is 35.5. The van der Waals surface area contributed by atoms with Crippen molar-refractivity contribution >= 4 is 11.6 Å². The van der Waals surface area contributed by atoms with Gasteiger partial charge in [0, 0.05) is 6.42 Å². The zero-order valence-electron chi connectivity index (χ0n) is 12.5. The van der Waals surface area contributed by atoms with Crippen molar-refractivity contribution in [3.05, 3.63) is 70.0 Å². The molecule has 3 heteroatoms. The molecule has 0 aliphatic rings. The molecule has 2 aromatic carbocycles. The Morgan fingerprint density at radius 2 is 1.71 bits per heavy atom. The normalized spacial score (nSPS) is 13.2. The predicted octanol–water partition coefficient (Wildman–Crippen LogP) is 5.05. The van der Waals surface area contributed by atoms with Gasteiger partial charge in [-0.25, -0.2) is 4.39 Å². The van der Waals surface area contributed by atoms with Gasteiger partial charge in [0.1, 0.15) is 5.82 Å². The summed E-state index contributed by atoms with van der Waals surface area (Å²) < 4.78 is 13.1. The van der Waals surface area contributed by atoms with Crippen LogP contribution in [0.1, 0.15) is 43.6 Å². The summed E-state index contributed by atoms with van der Waals surface area (Å²) in [4.78, 5) is 0. The number of aliphatic hydroxyl groups is 1. The number of benzene rings is 2. The van der Waals surface area contributed by atoms with Gasteiger partial charge in [0.2, 0.25) is 0 Å². The second-order valence-electron chi connectivity index (χ2n) is 6.34. The average molecular weight is 307 g/mol. The molecule has 0 aliphatic carbocycles. The van der Waals surface area contributed by atoms with Gasteiger partial charge in [0.25, 0.3) is 0 Å². The Balaban J connectivity index is 2.13. The molecule has 2 aromatic rings. The van der Waals surface area contributed by atoms with Crippen molar-refractivity contribution in [3.63, 3.8) is 0 Å². The fourth-order valence-corrected chi connectivity index (χ4v) is 2.42. The van der Waals surface area contributed by atoms with E-state index in [2.05, 4.69) is 20.8 Å². The molecule has 2 rings (SSSR count). The lowest BCUT2D eigenvalue weighted by Gasteiger charge is -2.20. The summed E-state index contributed by atoms with van der Waals surface area (Å²) in [6.45, 7) is 6.46. The lowest BCUT2D eigenvalue weighted by molar-refractivity contribution is 0.178. The highest BCUT2D eigenvalue weighted by Crippen LogP contribution is 2.26. The van der Waals surface area contributed by atoms with Crippen LogP contribution in [0, 0.1) is 5.82 Å². The maximum atomic E-state index is 13.1. The van der Waals surface area contributed by atoms with E-state index in [4.69, 9.17) is 11.6 Å². The molecule has 1 atom stereocenters. The molecule has 0 spiro atoms. The molecule has 0 aliphatic heterocycles. The van der Waals surface area contributed by atoms with Crippen molar-refractivity contribution in [2.75, 3.05) is 0 Å². The van der Waals surface area contributed by atoms with Gasteiger partial charge in [0.15, 0.2) is 0 Å². The first-order valence-corrected chi connectivity index (χ1v) is 7.37. The Labute approximate surface area is 130 Å². The summed E-state index contributed by atoms with van der Waals surface area (Å²) in [7, 11) is 0. The number of aliphatic hydroxyl groups excluding tert-OH is 1. The smallest absolute Gasteiger partial charge is 0.141 e. The molecule has 1 N–H and O–H groups in total. The molecule has 1 nitrogen and oxygen atoms in total. The van der Waals surface area contributed by atoms with E-state index in [0.717, 1.165) is 11.1 Å². The Hall–Kier alpha value is -1.38. The average Bonchev–Trinajstić information content (AvgIpc) is 2.42. The molecule has 0 aromatic heterocycles. The van der Waals surface area contributed by atoms with Gasteiger partial charge in [-0.3, -0.25) is 0 Å². The summed E-state index contributed by atoms with van der Waals surface area (Å²) in [6, 6.07) is 12.5. The summed E-state index contributed by atoms with van der Waals surface area (Å²) in [5, 5.41) is 10.4. The maximum absolute atomic E-state index is 13.1. The van der Waals surface area contributed by atoms with Crippen LogP contribution in [0.3, 0.4) is 0 Å². The van der Waals surface area contributed by atoms with E-state index in [1.165, 1.54) is 11.6 Å². The van der Waals surface area contributed by atoms with Crippen LogP contribution in [0.2, 0.25) is 5.02 Å². The van der Waals surface area contributed by atoms with Crippen LogP contribution >= 0.6 is 11.6 Å². The highest BCUT2D eigenvalue weighted by molar-refractivity contribution is 6.30. The molecule has 0 saturated carbocycles. The van der Waals surface area contributed by atoms with E-state index >= 15 is 0 Å². The zero-order chi connectivity index (χ0) is 15.6. The predicted molar refractivity (Wildman–Crippen MR) is 85.2 cm³/mol. The summed E-state index contributed by atoms with van der Waals surface area (Å²) >= 11 is 5.76. The molecular weight excluding hydrogens is 287 g/mol. The van der Waals surface area contributed by atoms with E-state index in [9.17, 15) is 9.50 Å². The molecular formula is C18H20ClFO. The lowest BCUT2D eigenvalue weighted by Crippen LogP contribution is -2.11. The van der Waals surface area contributed by atoms with Crippen molar-refractivity contribution in [1.82, 2.24) is 0 Å². The van der Waals surface area contributed by atoms with Crippen LogP contribution in [0.4, 0.5) is 4.39 Å². The van der Waals surface area contributed by atoms with Gasteiger partial charge < -0.3 is 5.11 Å². The van der Waals surface area contributed by atoms with Gasteiger partial charge in [-0.05, 0) is 34.2 Å². The molecule has 112 valence electrons. The van der Waals surface area contributed by atoms with E-state index < -0.39 is 11.9 Å². The van der Waals surface area contributed by atoms with Gasteiger partial charge >= 0.3 is 0 Å². The van der Waals surface area contributed by atoms with Crippen LogP contribution in [0.15, 0.2) is 42.5 Å². The molecule has 0 fully saturated rings. The van der Waals surface area contributed by atoms with E-state index in [1.54, 1.807) is 12.1 Å². The zero-order valence-corrected chi connectivity index (χ0v) is 13.3. The van der Waals surface area contributed by atoms with Crippen LogP contribution < -0.4 is 0 Å². The Morgan fingerprint density at radius 3 is 2.24 bits per heavy atom. The maximum Gasteiger partial charge on any atom is 0.141 e. The van der Waals surface area contributed by atoms with E-state index in [-0.39, 0.29) is 10.4 Å². The number of hydrogen-bond donors (Lipinski definition) is 1. The first-order valence-electron chi connectivity index (χ1n) is 7.00. The van der Waals surface area contributed by atoms with E-state index in [1.807, 2.05) is 24.3 Å². The first kappa shape index (κ1) is 16.0. The molecule has 0 amide bonds. The van der Waals surface area contributed by atoms with Gasteiger partial charge in [-0.15, -0.1) is 0 Å². The Morgan fingerprint density at radius 1 is 1.10 bits per heavy atom. The van der Waals surface area contributed by atoms with Crippen molar-refractivity contribution < 1.29 is 9.50 Å². The monoisotopic (exact) mass is 306 g/mol. The second kappa shape index (κ2) is 6.17. The van der Waals surface area contributed by atoms with Crippen molar-refractivity contribution in [1.29, 1.82) is 0 Å². The third-order valence-corrected chi connectivity index (χ3v) is 3.86. The SMILES string of the molecule is CC(C)(C)c1ccc(C(O)Cc2ccc(F)c(Cl)c2)cc1. The van der Waals surface area contributed by atoms with Crippen LogP contribution in [-0.2, 0) is 11.8 Å². The quantitative estimate of drug-likeness (QED) is 0.841. The summed E-state index contributed by atoms with van der Waals surface area (Å²) in [6.07, 6.45) is -0.213. The summed E-state index contributed by atoms with van der Waals surface area (Å²) in [5.74, 6) is -0.440. The third-order valence-electron chi connectivity index (χ3n) is 3.57. The van der Waals surface area contributed by atoms with Gasteiger partial charge in [-0.2, -0.15) is 0 Å². The van der Waals surface area contributed by atoms with Crippen molar-refractivity contribution in [2.45, 2.75) is 38.7 Å². The topological polar surface area (TPSA) is 20.2 Å². The molecule has 0 saturated heterocycles. The van der Waals surface area contributed by atoms with Crippen LogP contribution in [0.5, 0.6) is 0 Å². The standard InChI is InChI=1S/C18H20ClFO/c1-18(2,3)14-7-5-13(6-8-14)17(21)11-12-4-9-16(20)15(19)10-12/h4-10,17,21H,11H2,1-3H3.